The van der Waals surface area contributed by atoms with E-state index in [-0.39, 0.29) is 39.3 Å². The summed E-state index contributed by atoms with van der Waals surface area (Å²) in [5.74, 6) is -0.148. The van der Waals surface area contributed by atoms with Crippen molar-refractivity contribution in [3.8, 4) is 16.9 Å². The Kier molecular flexibility index (Phi) is 8.00. The van der Waals surface area contributed by atoms with Crippen LogP contribution in [0.3, 0.4) is 0 Å². The van der Waals surface area contributed by atoms with E-state index in [4.69, 9.17) is 13.9 Å². The summed E-state index contributed by atoms with van der Waals surface area (Å²) >= 11 is 0. The Balaban J connectivity index is 1.87. The van der Waals surface area contributed by atoms with Gasteiger partial charge in [0.05, 0.1) is 15.9 Å². The number of nitro benzene ring substituents is 1. The molecule has 0 radical (unpaired) electrons. The number of fused-ring (bicyclic) bond motifs is 1. The van der Waals surface area contributed by atoms with Gasteiger partial charge in [-0.2, -0.15) is 0 Å². The zero-order valence-corrected chi connectivity index (χ0v) is 21.6. The molecule has 0 aliphatic carbocycles. The Morgan fingerprint density at radius 1 is 1.11 bits per heavy atom. The smallest absolute Gasteiger partial charge is 0.408 e. The lowest BCUT2D eigenvalue weighted by molar-refractivity contribution is -0.384. The molecule has 1 atom stereocenters. The number of benzene rings is 2. The Morgan fingerprint density at radius 3 is 2.32 bits per heavy atom. The second-order valence-corrected chi connectivity index (χ2v) is 10.1. The predicted molar refractivity (Wildman–Crippen MR) is 138 cm³/mol. The van der Waals surface area contributed by atoms with Crippen LogP contribution in [0.15, 0.2) is 51.7 Å². The van der Waals surface area contributed by atoms with Crippen LogP contribution in [-0.2, 0) is 9.53 Å². The molecule has 0 saturated heterocycles. The second kappa shape index (κ2) is 10.8. The number of carbonyl (C=O) groups is 2. The molecule has 0 saturated carbocycles. The van der Waals surface area contributed by atoms with Gasteiger partial charge in [0.15, 0.2) is 0 Å². The van der Waals surface area contributed by atoms with Crippen molar-refractivity contribution < 1.29 is 28.4 Å². The molecule has 1 N–H and O–H groups in total. The largest absolute Gasteiger partial charge is 0.460 e. The summed E-state index contributed by atoms with van der Waals surface area (Å²) < 4.78 is 16.6. The summed E-state index contributed by atoms with van der Waals surface area (Å²) in [5.41, 5.74) is -0.161. The zero-order valence-electron chi connectivity index (χ0n) is 21.6. The lowest BCUT2D eigenvalue weighted by atomic mass is 10.0. The summed E-state index contributed by atoms with van der Waals surface area (Å²) in [7, 11) is 0. The number of carbonyl (C=O) groups excluding carboxylic acids is 2. The van der Waals surface area contributed by atoms with Crippen molar-refractivity contribution >= 4 is 28.7 Å². The molecule has 2 aromatic carbocycles. The number of amides is 1. The molecule has 10 heteroatoms. The van der Waals surface area contributed by atoms with Crippen LogP contribution in [0.1, 0.15) is 46.8 Å². The Labute approximate surface area is 213 Å². The fourth-order valence-corrected chi connectivity index (χ4v) is 3.76. The first-order valence-electron chi connectivity index (χ1n) is 11.8. The van der Waals surface area contributed by atoms with Gasteiger partial charge in [0.2, 0.25) is 5.43 Å². The van der Waals surface area contributed by atoms with E-state index < -0.39 is 28.6 Å². The number of nitrogens with zero attached hydrogens (tertiary/aromatic N) is 1. The van der Waals surface area contributed by atoms with Crippen LogP contribution in [-0.4, -0.2) is 28.6 Å². The summed E-state index contributed by atoms with van der Waals surface area (Å²) in [6.45, 7) is 10.6. The van der Waals surface area contributed by atoms with Crippen LogP contribution in [0.25, 0.3) is 22.1 Å². The van der Waals surface area contributed by atoms with Crippen LogP contribution in [0.2, 0.25) is 0 Å². The number of esters is 1. The lowest BCUT2D eigenvalue weighted by Crippen LogP contribution is -2.45. The van der Waals surface area contributed by atoms with Gasteiger partial charge in [0.1, 0.15) is 28.7 Å². The van der Waals surface area contributed by atoms with Gasteiger partial charge in [-0.05, 0) is 69.9 Å². The average molecular weight is 511 g/mol. The van der Waals surface area contributed by atoms with Crippen LogP contribution in [0.4, 0.5) is 10.5 Å². The third-order valence-electron chi connectivity index (χ3n) is 5.31. The highest BCUT2D eigenvalue weighted by molar-refractivity contribution is 5.86. The van der Waals surface area contributed by atoms with E-state index >= 15 is 0 Å². The molecule has 0 spiro atoms. The van der Waals surface area contributed by atoms with E-state index in [0.717, 1.165) is 0 Å². The minimum Gasteiger partial charge on any atom is -0.460 e. The molecule has 0 aliphatic heterocycles. The number of ether oxygens (including phenoxy) is 2. The van der Waals surface area contributed by atoms with Crippen molar-refractivity contribution in [1.29, 1.82) is 0 Å². The Hall–Kier alpha value is -4.21. The number of hydrogen-bond donors (Lipinski definition) is 1. The van der Waals surface area contributed by atoms with Gasteiger partial charge in [-0.1, -0.05) is 13.8 Å². The first-order valence-corrected chi connectivity index (χ1v) is 11.8. The maximum absolute atomic E-state index is 13.2. The molecule has 1 amide bonds. The third-order valence-corrected chi connectivity index (χ3v) is 5.31. The minimum atomic E-state index is -0.941. The van der Waals surface area contributed by atoms with Gasteiger partial charge in [0.25, 0.3) is 5.69 Å². The van der Waals surface area contributed by atoms with E-state index in [1.807, 2.05) is 13.8 Å². The normalized spacial score (nSPS) is 12.3. The maximum Gasteiger partial charge on any atom is 0.408 e. The molecule has 196 valence electrons. The SMILES string of the molecule is Cc1oc2cc(OC(=O)[C@@H](CC(C)C)NC(=O)OC(C)(C)C)ccc2c(=O)c1-c1ccc([N+](=O)[O-])cc1. The molecule has 0 bridgehead atoms. The lowest BCUT2D eigenvalue weighted by Gasteiger charge is -2.23. The predicted octanol–water partition coefficient (Wildman–Crippen LogP) is 5.52. The molecular weight excluding hydrogens is 480 g/mol. The van der Waals surface area contributed by atoms with E-state index in [1.165, 1.54) is 42.5 Å². The monoisotopic (exact) mass is 510 g/mol. The average Bonchev–Trinajstić information content (AvgIpc) is 2.77. The minimum absolute atomic E-state index is 0.0857. The highest BCUT2D eigenvalue weighted by Crippen LogP contribution is 2.28. The number of aryl methyl sites for hydroxylation is 1. The Bertz CT molecular complexity index is 1380. The number of nitro groups is 1. The fraction of sp³-hybridized carbons (Fsp3) is 0.370. The molecule has 0 fully saturated rings. The third kappa shape index (κ3) is 6.93. The number of rotatable bonds is 7. The Morgan fingerprint density at radius 2 is 1.76 bits per heavy atom. The van der Waals surface area contributed by atoms with Crippen LogP contribution in [0, 0.1) is 23.0 Å². The van der Waals surface area contributed by atoms with Gasteiger partial charge >= 0.3 is 12.1 Å². The molecular formula is C27H30N2O8. The highest BCUT2D eigenvalue weighted by Gasteiger charge is 2.27. The quantitative estimate of drug-likeness (QED) is 0.190. The van der Waals surface area contributed by atoms with E-state index in [1.54, 1.807) is 27.7 Å². The number of non-ortho nitro benzene ring substituents is 1. The summed E-state index contributed by atoms with van der Waals surface area (Å²) in [6.07, 6.45) is -0.396. The summed E-state index contributed by atoms with van der Waals surface area (Å²) in [5, 5.41) is 13.7. The molecule has 10 nitrogen and oxygen atoms in total. The van der Waals surface area contributed by atoms with E-state index in [0.29, 0.717) is 17.7 Å². The first-order chi connectivity index (χ1) is 17.2. The van der Waals surface area contributed by atoms with Gasteiger partial charge < -0.3 is 19.2 Å². The topological polar surface area (TPSA) is 138 Å². The zero-order chi connectivity index (χ0) is 27.5. The van der Waals surface area contributed by atoms with Gasteiger partial charge in [-0.15, -0.1) is 0 Å². The van der Waals surface area contributed by atoms with Crippen molar-refractivity contribution in [2.24, 2.45) is 5.92 Å². The highest BCUT2D eigenvalue weighted by atomic mass is 16.6. The second-order valence-electron chi connectivity index (χ2n) is 10.1. The van der Waals surface area contributed by atoms with Crippen molar-refractivity contribution in [2.45, 2.75) is 59.6 Å². The van der Waals surface area contributed by atoms with E-state index in [9.17, 15) is 24.5 Å². The summed E-state index contributed by atoms with van der Waals surface area (Å²) in [4.78, 5) is 48.8. The van der Waals surface area contributed by atoms with Gasteiger partial charge in [-0.25, -0.2) is 9.59 Å². The standard InChI is InChI=1S/C27H30N2O8/c1-15(2)13-21(28-26(32)37-27(4,5)6)25(31)36-19-11-12-20-22(14-19)35-16(3)23(24(20)30)17-7-9-18(10-8-17)29(33)34/h7-12,14-15,21H,13H2,1-6H3,(H,28,32)/t21-/m1/s1. The van der Waals surface area contributed by atoms with E-state index in [2.05, 4.69) is 5.32 Å². The van der Waals surface area contributed by atoms with Crippen LogP contribution >= 0.6 is 0 Å². The molecule has 3 aromatic rings. The molecule has 1 heterocycles. The molecule has 3 rings (SSSR count). The fourth-order valence-electron chi connectivity index (χ4n) is 3.76. The number of alkyl carbamates (subject to hydrolysis) is 1. The van der Waals surface area contributed by atoms with Crippen molar-refractivity contribution in [3.05, 3.63) is 68.6 Å². The van der Waals surface area contributed by atoms with Gasteiger partial charge in [-0.3, -0.25) is 14.9 Å². The summed E-state index contributed by atoms with van der Waals surface area (Å²) in [6, 6.07) is 9.06. The van der Waals surface area contributed by atoms with Crippen LogP contribution in [0.5, 0.6) is 5.75 Å². The van der Waals surface area contributed by atoms with Crippen molar-refractivity contribution in [3.63, 3.8) is 0 Å². The first kappa shape index (κ1) is 27.4. The van der Waals surface area contributed by atoms with Crippen LogP contribution < -0.4 is 15.5 Å². The molecule has 0 unspecified atom stereocenters. The number of hydrogen-bond acceptors (Lipinski definition) is 8. The van der Waals surface area contributed by atoms with Crippen molar-refractivity contribution in [2.75, 3.05) is 0 Å². The molecule has 0 aliphatic rings. The molecule has 37 heavy (non-hydrogen) atoms. The maximum atomic E-state index is 13.2. The number of nitrogens with one attached hydrogen (secondary N) is 1. The van der Waals surface area contributed by atoms with Gasteiger partial charge in [0, 0.05) is 18.2 Å². The molecule has 1 aromatic heterocycles. The van der Waals surface area contributed by atoms with Crippen molar-refractivity contribution in [1.82, 2.24) is 5.32 Å².